The van der Waals surface area contributed by atoms with Crippen molar-refractivity contribution in [3.8, 4) is 0 Å². The Kier molecular flexibility index (Phi) is 4.39. The third-order valence-electron chi connectivity index (χ3n) is 2.26. The number of aryl methyl sites for hydroxylation is 1. The molecule has 90 valence electrons. The number of hydrogen-bond donors (Lipinski definition) is 1. The Morgan fingerprint density at radius 3 is 3.06 bits per heavy atom. The normalized spacial score (nSPS) is 10.5. The van der Waals surface area contributed by atoms with E-state index in [1.165, 1.54) is 22.0 Å². The molecule has 0 atom stereocenters. The van der Waals surface area contributed by atoms with Crippen LogP contribution in [0.2, 0.25) is 0 Å². The lowest BCUT2D eigenvalue weighted by atomic mass is 10.2. The largest absolute Gasteiger partial charge is 0.374 e. The lowest BCUT2D eigenvalue weighted by Gasteiger charge is -2.03. The molecule has 3 nitrogen and oxygen atoms in total. The highest BCUT2D eigenvalue weighted by molar-refractivity contribution is 7.98. The van der Waals surface area contributed by atoms with Gasteiger partial charge in [0, 0.05) is 28.7 Å². The van der Waals surface area contributed by atoms with Crippen LogP contribution in [0.15, 0.2) is 29.2 Å². The van der Waals surface area contributed by atoms with Crippen LogP contribution in [0.5, 0.6) is 0 Å². The minimum absolute atomic E-state index is 0.863. The lowest BCUT2D eigenvalue weighted by molar-refractivity contribution is 1.07. The molecule has 5 heteroatoms. The predicted octanol–water partition coefficient (Wildman–Crippen LogP) is 3.57. The highest BCUT2D eigenvalue weighted by Gasteiger charge is 2.07. The fraction of sp³-hybridized carbons (Fsp3) is 0.333. The number of anilines is 1. The average molecular weight is 265 g/mol. The molecule has 1 aromatic heterocycles. The molecule has 0 unspecified atom stereocenters. The summed E-state index contributed by atoms with van der Waals surface area (Å²) in [6.07, 6.45) is 0. The number of rotatable bonds is 5. The first-order valence-electron chi connectivity index (χ1n) is 5.54. The SMILES string of the molecule is CCNc1snnc1CSc1cccc(C)c1. The zero-order valence-electron chi connectivity index (χ0n) is 9.93. The Labute approximate surface area is 110 Å². The van der Waals surface area contributed by atoms with Crippen molar-refractivity contribution in [2.24, 2.45) is 0 Å². The van der Waals surface area contributed by atoms with Crippen LogP contribution in [0.25, 0.3) is 0 Å². The topological polar surface area (TPSA) is 37.8 Å². The molecule has 0 fully saturated rings. The van der Waals surface area contributed by atoms with Crippen molar-refractivity contribution >= 4 is 28.3 Å². The van der Waals surface area contributed by atoms with E-state index in [-0.39, 0.29) is 0 Å². The first-order valence-corrected chi connectivity index (χ1v) is 7.30. The number of nitrogens with one attached hydrogen (secondary N) is 1. The van der Waals surface area contributed by atoms with Crippen LogP contribution in [0.3, 0.4) is 0 Å². The van der Waals surface area contributed by atoms with Gasteiger partial charge in [-0.2, -0.15) is 0 Å². The first-order chi connectivity index (χ1) is 8.29. The summed E-state index contributed by atoms with van der Waals surface area (Å²) in [6, 6.07) is 8.52. The van der Waals surface area contributed by atoms with Crippen molar-refractivity contribution < 1.29 is 0 Å². The van der Waals surface area contributed by atoms with Gasteiger partial charge in [0.1, 0.15) is 10.7 Å². The molecule has 0 aliphatic heterocycles. The van der Waals surface area contributed by atoms with Crippen LogP contribution >= 0.6 is 23.3 Å². The van der Waals surface area contributed by atoms with Crippen LogP contribution in [-0.4, -0.2) is 16.1 Å². The molecular formula is C12H15N3S2. The molecule has 0 amide bonds. The lowest BCUT2D eigenvalue weighted by Crippen LogP contribution is -1.97. The molecule has 0 saturated carbocycles. The molecule has 1 N–H and O–H groups in total. The summed E-state index contributed by atoms with van der Waals surface area (Å²) in [5, 5.41) is 8.53. The molecule has 0 aliphatic carbocycles. The van der Waals surface area contributed by atoms with Crippen molar-refractivity contribution in [2.45, 2.75) is 24.5 Å². The molecule has 1 aromatic carbocycles. The van der Waals surface area contributed by atoms with Crippen molar-refractivity contribution in [1.82, 2.24) is 9.59 Å². The van der Waals surface area contributed by atoms with Gasteiger partial charge >= 0.3 is 0 Å². The molecule has 17 heavy (non-hydrogen) atoms. The third kappa shape index (κ3) is 3.44. The predicted molar refractivity (Wildman–Crippen MR) is 74.8 cm³/mol. The van der Waals surface area contributed by atoms with Gasteiger partial charge in [0.05, 0.1) is 0 Å². The van der Waals surface area contributed by atoms with E-state index >= 15 is 0 Å². The molecule has 1 heterocycles. The summed E-state index contributed by atoms with van der Waals surface area (Å²) in [5.41, 5.74) is 2.33. The van der Waals surface area contributed by atoms with Gasteiger partial charge in [-0.1, -0.05) is 22.2 Å². The highest BCUT2D eigenvalue weighted by atomic mass is 32.2. The van der Waals surface area contributed by atoms with Gasteiger partial charge in [0.15, 0.2) is 0 Å². The zero-order valence-corrected chi connectivity index (χ0v) is 11.6. The molecular weight excluding hydrogens is 250 g/mol. The van der Waals surface area contributed by atoms with E-state index in [4.69, 9.17) is 0 Å². The molecule has 0 bridgehead atoms. The first kappa shape index (κ1) is 12.4. The average Bonchev–Trinajstić information content (AvgIpc) is 2.75. The van der Waals surface area contributed by atoms with Gasteiger partial charge < -0.3 is 5.32 Å². The van der Waals surface area contributed by atoms with Crippen LogP contribution in [0.1, 0.15) is 18.2 Å². The van der Waals surface area contributed by atoms with E-state index < -0.39 is 0 Å². The van der Waals surface area contributed by atoms with E-state index in [1.807, 2.05) is 0 Å². The van der Waals surface area contributed by atoms with Crippen LogP contribution < -0.4 is 5.32 Å². The Bertz CT molecular complexity index is 482. The summed E-state index contributed by atoms with van der Waals surface area (Å²) in [4.78, 5) is 1.28. The van der Waals surface area contributed by atoms with Crippen LogP contribution in [-0.2, 0) is 5.75 Å². The summed E-state index contributed by atoms with van der Waals surface area (Å²) >= 11 is 3.22. The van der Waals surface area contributed by atoms with Crippen LogP contribution in [0.4, 0.5) is 5.00 Å². The fourth-order valence-corrected chi connectivity index (χ4v) is 3.14. The number of thioether (sulfide) groups is 1. The van der Waals surface area contributed by atoms with Gasteiger partial charge in [0.2, 0.25) is 0 Å². The van der Waals surface area contributed by atoms with E-state index in [1.54, 1.807) is 11.8 Å². The second-order valence-corrected chi connectivity index (χ2v) is 5.49. The summed E-state index contributed by atoms with van der Waals surface area (Å²) < 4.78 is 3.99. The Balaban J connectivity index is 1.99. The molecule has 0 saturated heterocycles. The molecule has 0 spiro atoms. The summed E-state index contributed by atoms with van der Waals surface area (Å²) in [6.45, 7) is 5.10. The van der Waals surface area contributed by atoms with E-state index in [0.29, 0.717) is 0 Å². The Hall–Kier alpha value is -1.07. The molecule has 0 radical (unpaired) electrons. The van der Waals surface area contributed by atoms with Gasteiger partial charge in [-0.3, -0.25) is 0 Å². The number of benzene rings is 1. The number of hydrogen-bond acceptors (Lipinski definition) is 5. The van der Waals surface area contributed by atoms with Crippen LogP contribution in [0, 0.1) is 6.92 Å². The molecule has 2 rings (SSSR count). The fourth-order valence-electron chi connectivity index (χ4n) is 1.45. The third-order valence-corrected chi connectivity index (χ3v) is 3.99. The Morgan fingerprint density at radius 1 is 1.41 bits per heavy atom. The maximum atomic E-state index is 4.16. The highest BCUT2D eigenvalue weighted by Crippen LogP contribution is 2.27. The molecule has 0 aliphatic rings. The smallest absolute Gasteiger partial charge is 0.134 e. The summed E-state index contributed by atoms with van der Waals surface area (Å²) in [7, 11) is 0. The van der Waals surface area contributed by atoms with E-state index in [2.05, 4.69) is 53.0 Å². The minimum Gasteiger partial charge on any atom is -0.374 e. The standard InChI is InChI=1S/C12H15N3S2/c1-3-13-12-11(14-15-17-12)8-16-10-6-4-5-9(2)7-10/h4-7,13H,3,8H2,1-2H3. The summed E-state index contributed by atoms with van der Waals surface area (Å²) in [5.74, 6) is 0.863. The van der Waals surface area contributed by atoms with E-state index in [9.17, 15) is 0 Å². The Morgan fingerprint density at radius 2 is 2.29 bits per heavy atom. The second kappa shape index (κ2) is 6.02. The quantitative estimate of drug-likeness (QED) is 0.839. The maximum absolute atomic E-state index is 4.16. The number of aromatic nitrogens is 2. The van der Waals surface area contributed by atoms with Gasteiger partial charge in [-0.15, -0.1) is 16.9 Å². The molecule has 2 aromatic rings. The van der Waals surface area contributed by atoms with Crippen molar-refractivity contribution in [1.29, 1.82) is 0 Å². The van der Waals surface area contributed by atoms with Crippen molar-refractivity contribution in [2.75, 3.05) is 11.9 Å². The zero-order chi connectivity index (χ0) is 12.1. The van der Waals surface area contributed by atoms with E-state index in [0.717, 1.165) is 23.0 Å². The monoisotopic (exact) mass is 265 g/mol. The van der Waals surface area contributed by atoms with Gasteiger partial charge in [-0.05, 0) is 26.0 Å². The van der Waals surface area contributed by atoms with Gasteiger partial charge in [0.25, 0.3) is 0 Å². The van der Waals surface area contributed by atoms with Crippen molar-refractivity contribution in [3.05, 3.63) is 35.5 Å². The maximum Gasteiger partial charge on any atom is 0.134 e. The van der Waals surface area contributed by atoms with Crippen molar-refractivity contribution in [3.63, 3.8) is 0 Å². The minimum atomic E-state index is 0.863. The van der Waals surface area contributed by atoms with Gasteiger partial charge in [-0.25, -0.2) is 0 Å². The number of nitrogens with zero attached hydrogens (tertiary/aromatic N) is 2. The second-order valence-electron chi connectivity index (χ2n) is 3.68.